The van der Waals surface area contributed by atoms with Gasteiger partial charge in [0.05, 0.1) is 18.8 Å². The van der Waals surface area contributed by atoms with Crippen LogP contribution in [0.15, 0.2) is 24.5 Å². The summed E-state index contributed by atoms with van der Waals surface area (Å²) in [5, 5.41) is 10.4. The Balaban J connectivity index is 2.12. The van der Waals surface area contributed by atoms with Gasteiger partial charge in [0, 0.05) is 18.8 Å². The Hall–Kier alpha value is -1.66. The molecule has 1 aromatic rings. The molecular weight excluding hydrogens is 296 g/mol. The summed E-state index contributed by atoms with van der Waals surface area (Å²) in [5.74, 6) is 0. The molecule has 0 aromatic carbocycles. The molecule has 2 rings (SSSR count). The zero-order valence-corrected chi connectivity index (χ0v) is 14.4. The number of rotatable bonds is 3. The highest BCUT2D eigenvalue weighted by Gasteiger charge is 2.46. The van der Waals surface area contributed by atoms with Crippen molar-refractivity contribution in [3.8, 4) is 0 Å². The first-order valence-corrected chi connectivity index (χ1v) is 7.84. The lowest BCUT2D eigenvalue weighted by molar-refractivity contribution is -0.0637. The normalized spacial score (nSPS) is 22.0. The number of pyridine rings is 1. The fourth-order valence-corrected chi connectivity index (χ4v) is 2.70. The second-order valence-corrected chi connectivity index (χ2v) is 7.30. The van der Waals surface area contributed by atoms with Crippen LogP contribution < -0.4 is 0 Å². The first-order valence-electron chi connectivity index (χ1n) is 7.84. The lowest BCUT2D eigenvalue weighted by Gasteiger charge is -2.35. The van der Waals surface area contributed by atoms with Crippen molar-refractivity contribution < 1.29 is 19.4 Å². The fourth-order valence-electron chi connectivity index (χ4n) is 2.70. The van der Waals surface area contributed by atoms with Crippen LogP contribution in [-0.4, -0.2) is 45.1 Å². The number of nitrogens with zero attached hydrogens (tertiary/aromatic N) is 2. The van der Waals surface area contributed by atoms with Crippen molar-refractivity contribution in [2.75, 3.05) is 6.61 Å². The number of hydrogen-bond donors (Lipinski definition) is 1. The summed E-state index contributed by atoms with van der Waals surface area (Å²) in [6.45, 7) is 9.50. The van der Waals surface area contributed by atoms with Gasteiger partial charge in [0.25, 0.3) is 0 Å². The van der Waals surface area contributed by atoms with Gasteiger partial charge < -0.3 is 14.6 Å². The van der Waals surface area contributed by atoms with Crippen molar-refractivity contribution in [1.29, 1.82) is 0 Å². The van der Waals surface area contributed by atoms with Gasteiger partial charge in [-0.1, -0.05) is 6.07 Å². The van der Waals surface area contributed by atoms with Gasteiger partial charge in [-0.15, -0.1) is 0 Å². The predicted molar refractivity (Wildman–Crippen MR) is 85.7 cm³/mol. The number of hydrogen-bond acceptors (Lipinski definition) is 5. The van der Waals surface area contributed by atoms with E-state index >= 15 is 0 Å². The van der Waals surface area contributed by atoms with E-state index in [-0.39, 0.29) is 6.04 Å². The zero-order valence-electron chi connectivity index (χ0n) is 14.4. The molecule has 0 unspecified atom stereocenters. The molecule has 1 aromatic heterocycles. The number of ether oxygens (including phenoxy) is 2. The third kappa shape index (κ3) is 4.42. The second kappa shape index (κ2) is 6.45. The summed E-state index contributed by atoms with van der Waals surface area (Å²) in [4.78, 5) is 18.1. The second-order valence-electron chi connectivity index (χ2n) is 7.30. The highest BCUT2D eigenvalue weighted by Crippen LogP contribution is 2.33. The van der Waals surface area contributed by atoms with Gasteiger partial charge in [-0.2, -0.15) is 0 Å². The number of aliphatic hydroxyl groups excluding tert-OH is 1. The Morgan fingerprint density at radius 1 is 1.57 bits per heavy atom. The molecule has 6 heteroatoms. The molecule has 0 aliphatic carbocycles. The van der Waals surface area contributed by atoms with Crippen LogP contribution in [0.1, 0.15) is 52.7 Å². The third-order valence-electron chi connectivity index (χ3n) is 3.73. The highest BCUT2D eigenvalue weighted by atomic mass is 16.6. The van der Waals surface area contributed by atoms with Gasteiger partial charge in [-0.25, -0.2) is 4.79 Å². The minimum absolute atomic E-state index is 0.255. The fraction of sp³-hybridized carbons (Fsp3) is 0.647. The molecule has 0 bridgehead atoms. The van der Waals surface area contributed by atoms with Crippen LogP contribution in [0.4, 0.5) is 4.79 Å². The molecule has 1 saturated heterocycles. The topological polar surface area (TPSA) is 71.9 Å². The van der Waals surface area contributed by atoms with Gasteiger partial charge in [-0.05, 0) is 46.2 Å². The maximum atomic E-state index is 12.5. The monoisotopic (exact) mass is 322 g/mol. The van der Waals surface area contributed by atoms with Crippen LogP contribution in [0.3, 0.4) is 0 Å². The molecule has 1 aliphatic rings. The van der Waals surface area contributed by atoms with Crippen LogP contribution >= 0.6 is 0 Å². The number of carbonyl (C=O) groups excluding carboxylic acids is 1. The SMILES string of the molecule is CC(C)(C)OC(=O)N1[C@@H](C[C@H](O)c2cccnc2)COC1(C)C. The quantitative estimate of drug-likeness (QED) is 0.926. The molecule has 2 heterocycles. The lowest BCUT2D eigenvalue weighted by atomic mass is 10.0. The Labute approximate surface area is 137 Å². The van der Waals surface area contributed by atoms with Crippen molar-refractivity contribution in [1.82, 2.24) is 9.88 Å². The first kappa shape index (κ1) is 17.7. The molecule has 1 fully saturated rings. The van der Waals surface area contributed by atoms with Crippen LogP contribution in [0.25, 0.3) is 0 Å². The van der Waals surface area contributed by atoms with Crippen LogP contribution in [-0.2, 0) is 9.47 Å². The molecule has 0 radical (unpaired) electrons. The summed E-state index contributed by atoms with van der Waals surface area (Å²) in [5.41, 5.74) is -0.620. The van der Waals surface area contributed by atoms with E-state index in [0.717, 1.165) is 5.56 Å². The summed E-state index contributed by atoms with van der Waals surface area (Å²) in [7, 11) is 0. The van der Waals surface area contributed by atoms with Crippen molar-refractivity contribution in [2.45, 2.75) is 64.5 Å². The van der Waals surface area contributed by atoms with E-state index in [1.165, 1.54) is 0 Å². The maximum Gasteiger partial charge on any atom is 0.412 e. The average Bonchev–Trinajstić information content (AvgIpc) is 2.72. The predicted octanol–water partition coefficient (Wildman–Crippen LogP) is 2.88. The van der Waals surface area contributed by atoms with E-state index in [9.17, 15) is 9.90 Å². The molecular formula is C17H26N2O4. The van der Waals surface area contributed by atoms with Crippen molar-refractivity contribution >= 4 is 6.09 Å². The van der Waals surface area contributed by atoms with E-state index in [2.05, 4.69) is 4.98 Å². The minimum atomic E-state index is -0.762. The van der Waals surface area contributed by atoms with Crippen LogP contribution in [0.2, 0.25) is 0 Å². The molecule has 2 atom stereocenters. The Kier molecular flexibility index (Phi) is 4.96. The molecule has 0 saturated carbocycles. The lowest BCUT2D eigenvalue weighted by Crippen LogP contribution is -2.50. The first-order chi connectivity index (χ1) is 10.6. The Morgan fingerprint density at radius 3 is 2.83 bits per heavy atom. The summed E-state index contributed by atoms with van der Waals surface area (Å²) in [6.07, 6.45) is 2.52. The van der Waals surface area contributed by atoms with E-state index < -0.39 is 23.5 Å². The summed E-state index contributed by atoms with van der Waals surface area (Å²) < 4.78 is 11.2. The number of carbonyl (C=O) groups is 1. The van der Waals surface area contributed by atoms with Crippen LogP contribution in [0, 0.1) is 0 Å². The minimum Gasteiger partial charge on any atom is -0.444 e. The molecule has 23 heavy (non-hydrogen) atoms. The smallest absolute Gasteiger partial charge is 0.412 e. The van der Waals surface area contributed by atoms with Gasteiger partial charge in [-0.3, -0.25) is 9.88 Å². The summed E-state index contributed by atoms with van der Waals surface area (Å²) in [6, 6.07) is 3.34. The van der Waals surface area contributed by atoms with Gasteiger partial charge in [0.15, 0.2) is 0 Å². The number of amides is 1. The molecule has 1 amide bonds. The highest BCUT2D eigenvalue weighted by molar-refractivity contribution is 5.69. The maximum absolute atomic E-state index is 12.5. The van der Waals surface area contributed by atoms with Crippen LogP contribution in [0.5, 0.6) is 0 Å². The van der Waals surface area contributed by atoms with E-state index in [4.69, 9.17) is 9.47 Å². The Bertz CT molecular complexity index is 539. The van der Waals surface area contributed by atoms with E-state index in [1.807, 2.05) is 40.7 Å². The third-order valence-corrected chi connectivity index (χ3v) is 3.73. The number of aliphatic hydroxyl groups is 1. The van der Waals surface area contributed by atoms with E-state index in [0.29, 0.717) is 13.0 Å². The standard InChI is InChI=1S/C17H26N2O4/c1-16(2,3)23-15(21)19-13(11-22-17(19,4)5)9-14(20)12-7-6-8-18-10-12/h6-8,10,13-14,20H,9,11H2,1-5H3/t13-,14-/m0/s1. The van der Waals surface area contributed by atoms with Crippen molar-refractivity contribution in [3.05, 3.63) is 30.1 Å². The van der Waals surface area contributed by atoms with Gasteiger partial charge in [0.2, 0.25) is 0 Å². The summed E-state index contributed by atoms with van der Waals surface area (Å²) >= 11 is 0. The molecule has 1 N–H and O–H groups in total. The van der Waals surface area contributed by atoms with Crippen molar-refractivity contribution in [3.63, 3.8) is 0 Å². The molecule has 128 valence electrons. The van der Waals surface area contributed by atoms with Crippen molar-refractivity contribution in [2.24, 2.45) is 0 Å². The average molecular weight is 322 g/mol. The Morgan fingerprint density at radius 2 is 2.26 bits per heavy atom. The molecule has 1 aliphatic heterocycles. The van der Waals surface area contributed by atoms with E-state index in [1.54, 1.807) is 23.4 Å². The number of aromatic nitrogens is 1. The molecule has 0 spiro atoms. The van der Waals surface area contributed by atoms with Gasteiger partial charge >= 0.3 is 6.09 Å². The van der Waals surface area contributed by atoms with Gasteiger partial charge in [0.1, 0.15) is 11.3 Å². The largest absolute Gasteiger partial charge is 0.444 e. The zero-order chi connectivity index (χ0) is 17.3. The molecule has 6 nitrogen and oxygen atoms in total.